The second-order valence-electron chi connectivity index (χ2n) is 6.78. The zero-order valence-electron chi connectivity index (χ0n) is 15.2. The Morgan fingerprint density at radius 3 is 2.86 bits per heavy atom. The van der Waals surface area contributed by atoms with E-state index in [9.17, 15) is 9.18 Å². The van der Waals surface area contributed by atoms with E-state index in [1.807, 2.05) is 0 Å². The van der Waals surface area contributed by atoms with Gasteiger partial charge in [-0.2, -0.15) is 5.10 Å². The molecule has 29 heavy (non-hydrogen) atoms. The number of amidine groups is 1. The van der Waals surface area contributed by atoms with Crippen molar-refractivity contribution in [2.24, 2.45) is 10.7 Å². The molecule has 1 atom stereocenters. The fourth-order valence-corrected chi connectivity index (χ4v) is 3.73. The zero-order valence-corrected chi connectivity index (χ0v) is 16.7. The molecule has 7 nitrogen and oxygen atoms in total. The number of hydrogen-bond acceptors (Lipinski definition) is 5. The normalized spacial score (nSPS) is 18.1. The Morgan fingerprint density at radius 1 is 1.31 bits per heavy atom. The first kappa shape index (κ1) is 19.4. The molecule has 2 aromatic heterocycles. The summed E-state index contributed by atoms with van der Waals surface area (Å²) in [5, 5.41) is 7.31. The minimum atomic E-state index is -0.996. The molecule has 0 spiro atoms. The van der Waals surface area contributed by atoms with Gasteiger partial charge in [-0.1, -0.05) is 23.2 Å². The van der Waals surface area contributed by atoms with Gasteiger partial charge < -0.3 is 11.1 Å². The lowest BCUT2D eigenvalue weighted by molar-refractivity contribution is 0.102. The maximum Gasteiger partial charge on any atom is 0.275 e. The molecule has 3 heterocycles. The number of nitrogens with zero attached hydrogens (tertiary/aromatic N) is 4. The van der Waals surface area contributed by atoms with Crippen molar-refractivity contribution in [1.82, 2.24) is 14.8 Å². The van der Waals surface area contributed by atoms with E-state index in [0.717, 1.165) is 0 Å². The van der Waals surface area contributed by atoms with E-state index in [1.165, 1.54) is 30.5 Å². The number of amides is 1. The van der Waals surface area contributed by atoms with Gasteiger partial charge in [-0.15, -0.1) is 0 Å². The highest BCUT2D eigenvalue weighted by Gasteiger charge is 2.35. The fourth-order valence-electron chi connectivity index (χ4n) is 3.26. The Kier molecular flexibility index (Phi) is 4.76. The Morgan fingerprint density at radius 2 is 2.10 bits per heavy atom. The summed E-state index contributed by atoms with van der Waals surface area (Å²) in [5.41, 5.74) is 6.36. The summed E-state index contributed by atoms with van der Waals surface area (Å²) in [6.07, 6.45) is 2.93. The number of anilines is 1. The molecular weight excluding hydrogens is 418 g/mol. The van der Waals surface area contributed by atoms with E-state index in [-0.39, 0.29) is 22.1 Å². The van der Waals surface area contributed by atoms with Crippen molar-refractivity contribution in [1.29, 1.82) is 0 Å². The summed E-state index contributed by atoms with van der Waals surface area (Å²) >= 11 is 11.8. The van der Waals surface area contributed by atoms with Crippen LogP contribution in [0.4, 0.5) is 10.1 Å². The third-order valence-electron chi connectivity index (χ3n) is 4.63. The van der Waals surface area contributed by atoms with E-state index >= 15 is 0 Å². The van der Waals surface area contributed by atoms with Crippen molar-refractivity contribution in [3.8, 4) is 0 Å². The van der Waals surface area contributed by atoms with Crippen molar-refractivity contribution in [2.45, 2.75) is 19.0 Å². The standard InChI is InChI=1S/C19H15Cl2FN6O/c1-19(9-28-15(4-5-25-28)17(23)27-19)12-7-11(2-3-14(12)22)26-18(29)16-13(21)6-10(20)8-24-16/h2-8H,9H2,1H3,(H2,23,27)(H,26,29). The van der Waals surface area contributed by atoms with Crippen LogP contribution in [0.25, 0.3) is 0 Å². The van der Waals surface area contributed by atoms with Crippen molar-refractivity contribution >= 4 is 40.6 Å². The molecule has 0 saturated carbocycles. The molecule has 10 heteroatoms. The van der Waals surface area contributed by atoms with Gasteiger partial charge in [-0.3, -0.25) is 14.5 Å². The lowest BCUT2D eigenvalue weighted by atomic mass is 9.90. The molecular formula is C19H15Cl2FN6O. The Labute approximate surface area is 175 Å². The van der Waals surface area contributed by atoms with Gasteiger partial charge in [0.15, 0.2) is 0 Å². The first-order valence-electron chi connectivity index (χ1n) is 8.57. The van der Waals surface area contributed by atoms with E-state index < -0.39 is 17.3 Å². The van der Waals surface area contributed by atoms with Crippen LogP contribution in [0.5, 0.6) is 0 Å². The number of carbonyl (C=O) groups is 1. The van der Waals surface area contributed by atoms with Gasteiger partial charge in [0.2, 0.25) is 0 Å². The molecule has 0 bridgehead atoms. The SMILES string of the molecule is CC1(c2cc(NC(=O)c3ncc(Cl)cc3Cl)ccc2F)Cn2nccc2C(N)=N1. The highest BCUT2D eigenvalue weighted by Crippen LogP contribution is 2.34. The number of rotatable bonds is 3. The number of pyridine rings is 1. The minimum absolute atomic E-state index is 0.00858. The van der Waals surface area contributed by atoms with Gasteiger partial charge >= 0.3 is 0 Å². The van der Waals surface area contributed by atoms with Crippen LogP contribution in [-0.2, 0) is 12.1 Å². The van der Waals surface area contributed by atoms with Crippen molar-refractivity contribution in [3.63, 3.8) is 0 Å². The minimum Gasteiger partial charge on any atom is -0.382 e. The summed E-state index contributed by atoms with van der Waals surface area (Å²) in [6, 6.07) is 7.39. The number of benzene rings is 1. The van der Waals surface area contributed by atoms with Crippen molar-refractivity contribution in [3.05, 3.63) is 75.5 Å². The maximum absolute atomic E-state index is 14.7. The smallest absolute Gasteiger partial charge is 0.275 e. The van der Waals surface area contributed by atoms with E-state index in [4.69, 9.17) is 28.9 Å². The highest BCUT2D eigenvalue weighted by molar-refractivity contribution is 6.36. The number of hydrogen-bond donors (Lipinski definition) is 2. The van der Waals surface area contributed by atoms with Crippen molar-refractivity contribution < 1.29 is 9.18 Å². The lowest BCUT2D eigenvalue weighted by Gasteiger charge is -2.31. The Balaban J connectivity index is 1.66. The fraction of sp³-hybridized carbons (Fsp3) is 0.158. The van der Waals surface area contributed by atoms with Crippen LogP contribution >= 0.6 is 23.2 Å². The number of halogens is 3. The molecule has 1 unspecified atom stereocenters. The predicted molar refractivity (Wildman–Crippen MR) is 109 cm³/mol. The number of aromatic nitrogens is 3. The van der Waals surface area contributed by atoms with E-state index in [1.54, 1.807) is 23.9 Å². The quantitative estimate of drug-likeness (QED) is 0.660. The number of nitrogens with one attached hydrogen (secondary N) is 1. The molecule has 1 aliphatic heterocycles. The molecule has 1 amide bonds. The summed E-state index contributed by atoms with van der Waals surface area (Å²) < 4.78 is 16.4. The monoisotopic (exact) mass is 432 g/mol. The molecule has 1 aromatic carbocycles. The first-order chi connectivity index (χ1) is 13.8. The van der Waals surface area contributed by atoms with Gasteiger partial charge in [0.25, 0.3) is 5.91 Å². The average molecular weight is 433 g/mol. The van der Waals surface area contributed by atoms with Crippen molar-refractivity contribution in [2.75, 3.05) is 5.32 Å². The van der Waals surface area contributed by atoms with Crippen LogP contribution in [0, 0.1) is 5.82 Å². The summed E-state index contributed by atoms with van der Waals surface area (Å²) in [5.74, 6) is -0.752. The molecule has 0 aliphatic carbocycles. The largest absolute Gasteiger partial charge is 0.382 e. The second-order valence-corrected chi connectivity index (χ2v) is 7.62. The summed E-state index contributed by atoms with van der Waals surface area (Å²) in [7, 11) is 0. The van der Waals surface area contributed by atoms with Gasteiger partial charge in [-0.25, -0.2) is 9.37 Å². The number of nitrogens with two attached hydrogens (primary N) is 1. The molecule has 3 N–H and O–H groups in total. The van der Waals surface area contributed by atoms with Gasteiger partial charge in [0, 0.05) is 23.6 Å². The first-order valence-corrected chi connectivity index (χ1v) is 9.32. The van der Waals surface area contributed by atoms with Crippen LogP contribution < -0.4 is 11.1 Å². The molecule has 0 saturated heterocycles. The Hall–Kier alpha value is -2.97. The molecule has 148 valence electrons. The maximum atomic E-state index is 14.7. The van der Waals surface area contributed by atoms with Gasteiger partial charge in [-0.05, 0) is 37.3 Å². The number of carbonyl (C=O) groups excluding carboxylic acids is 1. The third kappa shape index (κ3) is 3.56. The predicted octanol–water partition coefficient (Wildman–Crippen LogP) is 3.61. The molecule has 0 radical (unpaired) electrons. The summed E-state index contributed by atoms with van der Waals surface area (Å²) in [6.45, 7) is 2.06. The van der Waals surface area contributed by atoms with Crippen LogP contribution in [0.3, 0.4) is 0 Å². The topological polar surface area (TPSA) is 98.2 Å². The molecule has 4 rings (SSSR count). The average Bonchev–Trinajstić information content (AvgIpc) is 3.11. The Bertz CT molecular complexity index is 1160. The van der Waals surface area contributed by atoms with Gasteiger partial charge in [0.1, 0.15) is 28.6 Å². The third-order valence-corrected chi connectivity index (χ3v) is 5.13. The molecule has 1 aliphatic rings. The molecule has 3 aromatic rings. The zero-order chi connectivity index (χ0) is 20.8. The highest BCUT2D eigenvalue weighted by atomic mass is 35.5. The lowest BCUT2D eigenvalue weighted by Crippen LogP contribution is -2.37. The second kappa shape index (κ2) is 7.13. The van der Waals surface area contributed by atoms with E-state index in [0.29, 0.717) is 22.9 Å². The van der Waals surface area contributed by atoms with Crippen LogP contribution in [0.1, 0.15) is 28.7 Å². The van der Waals surface area contributed by atoms with Crippen LogP contribution in [0.2, 0.25) is 10.0 Å². The van der Waals surface area contributed by atoms with Crippen LogP contribution in [-0.4, -0.2) is 26.5 Å². The number of aliphatic imine (C=N–C) groups is 1. The van der Waals surface area contributed by atoms with Gasteiger partial charge in [0.05, 0.1) is 16.6 Å². The van der Waals surface area contributed by atoms with E-state index in [2.05, 4.69) is 20.4 Å². The summed E-state index contributed by atoms with van der Waals surface area (Å²) in [4.78, 5) is 21.0. The molecule has 0 fully saturated rings. The number of fused-ring (bicyclic) bond motifs is 1. The van der Waals surface area contributed by atoms with Crippen LogP contribution in [0.15, 0.2) is 47.7 Å².